The molecule has 0 aliphatic heterocycles. The van der Waals surface area contributed by atoms with Crippen LogP contribution >= 0.6 is 0 Å². The van der Waals surface area contributed by atoms with Crippen molar-refractivity contribution in [3.05, 3.63) is 85.1 Å². The highest BCUT2D eigenvalue weighted by Gasteiger charge is 2.19. The van der Waals surface area contributed by atoms with Gasteiger partial charge in [0, 0.05) is 12.8 Å². The zero-order chi connectivity index (χ0) is 52.2. The first-order chi connectivity index (χ1) is 35.5. The van der Waals surface area contributed by atoms with Crippen LogP contribution in [-0.4, -0.2) is 37.2 Å². The highest BCUT2D eigenvalue weighted by Crippen LogP contribution is 2.16. The minimum absolute atomic E-state index is 0.0990. The molecule has 0 N–H and O–H groups in total. The molecule has 6 nitrogen and oxygen atoms in total. The number of carbonyl (C=O) groups is 3. The molecule has 6 heteroatoms. The Hall–Kier alpha value is -3.41. The van der Waals surface area contributed by atoms with Crippen LogP contribution in [0.15, 0.2) is 85.1 Å². The minimum Gasteiger partial charge on any atom is -0.462 e. The van der Waals surface area contributed by atoms with Gasteiger partial charge in [0.2, 0.25) is 0 Å². The fourth-order valence-electron chi connectivity index (χ4n) is 8.61. The molecule has 0 amide bonds. The highest BCUT2D eigenvalue weighted by molar-refractivity contribution is 5.72. The quantitative estimate of drug-likeness (QED) is 0.0261. The summed E-state index contributed by atoms with van der Waals surface area (Å²) in [6, 6.07) is 0. The first kappa shape index (κ1) is 68.6. The number of allylic oxidation sites excluding steroid dienone is 13. The number of rotatable bonds is 55. The Morgan fingerprint density at radius 1 is 0.306 bits per heavy atom. The molecule has 0 radical (unpaired) electrons. The summed E-state index contributed by atoms with van der Waals surface area (Å²) < 4.78 is 16.7. The summed E-state index contributed by atoms with van der Waals surface area (Å²) >= 11 is 0. The van der Waals surface area contributed by atoms with Crippen LogP contribution in [-0.2, 0) is 28.6 Å². The maximum Gasteiger partial charge on any atom is 0.310 e. The highest BCUT2D eigenvalue weighted by atomic mass is 16.6. The van der Waals surface area contributed by atoms with Gasteiger partial charge in [-0.15, -0.1) is 0 Å². The lowest BCUT2D eigenvalue weighted by molar-refractivity contribution is -0.166. The summed E-state index contributed by atoms with van der Waals surface area (Å²) in [5, 5.41) is 0. The molecule has 0 aromatic heterocycles. The number of ether oxygens (including phenoxy) is 3. The second kappa shape index (κ2) is 60.1. The van der Waals surface area contributed by atoms with Crippen molar-refractivity contribution in [2.75, 3.05) is 13.2 Å². The molecule has 0 spiro atoms. The van der Waals surface area contributed by atoms with E-state index >= 15 is 0 Å². The standard InChI is InChI=1S/C66H114O6/c1-4-7-10-13-16-19-21-23-25-26-27-28-29-30-31-32-33-34-35-36-37-38-39-40-42-43-45-47-50-53-56-59-65(68)71-62-63(61-70-64(67)58-55-52-49-18-15-12-9-6-3)72-66(69)60-57-54-51-48-46-44-41-24-22-20-17-14-11-8-5-2/h8,11,17,20-21,23-24,26-27,41,46,48,54,57,63H,4-7,9-10,12-16,18-19,22,25,28-40,42-45,47,49-53,55-56,58-62H2,1-3H3/b11-8-,20-17-,23-21-,27-26-,41-24-,48-46-,57-54-. The summed E-state index contributed by atoms with van der Waals surface area (Å²) in [6.45, 7) is 6.42. The second-order valence-electron chi connectivity index (χ2n) is 20.3. The molecule has 0 aromatic carbocycles. The zero-order valence-electron chi connectivity index (χ0n) is 47.4. The van der Waals surface area contributed by atoms with Gasteiger partial charge in [-0.05, 0) is 77.0 Å². The van der Waals surface area contributed by atoms with Crippen molar-refractivity contribution in [2.45, 2.75) is 303 Å². The third-order valence-electron chi connectivity index (χ3n) is 13.2. The number of hydrogen-bond donors (Lipinski definition) is 0. The SMILES string of the molecule is CC/C=C\C/C=C\C/C=C\C/C=C\C/C=C\CC(=O)OC(COC(=O)CCCCCCCCCC)COC(=O)CCCCCCCCCCCCCCCCCCCCC/C=C\C/C=C\CCCCCCC. The third-order valence-corrected chi connectivity index (χ3v) is 13.2. The normalized spacial score (nSPS) is 12.7. The van der Waals surface area contributed by atoms with Gasteiger partial charge in [-0.3, -0.25) is 14.4 Å². The average molecular weight is 1000 g/mol. The van der Waals surface area contributed by atoms with E-state index < -0.39 is 12.1 Å². The van der Waals surface area contributed by atoms with E-state index in [2.05, 4.69) is 93.7 Å². The molecule has 0 bridgehead atoms. The predicted molar refractivity (Wildman–Crippen MR) is 311 cm³/mol. The summed E-state index contributed by atoms with van der Waals surface area (Å²) in [7, 11) is 0. The van der Waals surface area contributed by atoms with Gasteiger partial charge < -0.3 is 14.2 Å². The minimum atomic E-state index is -0.827. The Labute approximate surface area is 445 Å². The van der Waals surface area contributed by atoms with Crippen LogP contribution in [0.3, 0.4) is 0 Å². The molecule has 414 valence electrons. The lowest BCUT2D eigenvalue weighted by atomic mass is 10.0. The summed E-state index contributed by atoms with van der Waals surface area (Å²) in [5.41, 5.74) is 0. The molecule has 0 aliphatic carbocycles. The van der Waals surface area contributed by atoms with Crippen molar-refractivity contribution in [1.29, 1.82) is 0 Å². The van der Waals surface area contributed by atoms with Crippen molar-refractivity contribution in [2.24, 2.45) is 0 Å². The molecular formula is C66H114O6. The molecule has 0 saturated carbocycles. The predicted octanol–water partition coefficient (Wildman–Crippen LogP) is 20.7. The van der Waals surface area contributed by atoms with Gasteiger partial charge in [0.25, 0.3) is 0 Å². The topological polar surface area (TPSA) is 78.9 Å². The van der Waals surface area contributed by atoms with Crippen LogP contribution in [0.25, 0.3) is 0 Å². The number of esters is 3. The van der Waals surface area contributed by atoms with Crippen molar-refractivity contribution in [1.82, 2.24) is 0 Å². The van der Waals surface area contributed by atoms with Gasteiger partial charge in [-0.25, -0.2) is 0 Å². The smallest absolute Gasteiger partial charge is 0.310 e. The Balaban J connectivity index is 4.11. The number of hydrogen-bond acceptors (Lipinski definition) is 6. The first-order valence-corrected chi connectivity index (χ1v) is 30.6. The average Bonchev–Trinajstić information content (AvgIpc) is 3.38. The molecule has 0 fully saturated rings. The van der Waals surface area contributed by atoms with Crippen LogP contribution in [0, 0.1) is 0 Å². The van der Waals surface area contributed by atoms with Crippen LogP contribution in [0.5, 0.6) is 0 Å². The van der Waals surface area contributed by atoms with Crippen LogP contribution in [0.2, 0.25) is 0 Å². The Kier molecular flexibility index (Phi) is 57.3. The van der Waals surface area contributed by atoms with Crippen molar-refractivity contribution in [3.8, 4) is 0 Å². The monoisotopic (exact) mass is 1000 g/mol. The Morgan fingerprint density at radius 3 is 0.917 bits per heavy atom. The molecule has 0 heterocycles. The lowest BCUT2D eigenvalue weighted by Crippen LogP contribution is -2.30. The summed E-state index contributed by atoms with van der Waals surface area (Å²) in [6.07, 6.45) is 79.4. The molecule has 0 rings (SSSR count). The molecule has 0 saturated heterocycles. The maximum atomic E-state index is 12.7. The van der Waals surface area contributed by atoms with Gasteiger partial charge in [0.05, 0.1) is 6.42 Å². The molecule has 1 atom stereocenters. The van der Waals surface area contributed by atoms with Gasteiger partial charge >= 0.3 is 17.9 Å². The molecular weight excluding hydrogens is 889 g/mol. The van der Waals surface area contributed by atoms with Crippen molar-refractivity contribution in [3.63, 3.8) is 0 Å². The summed E-state index contributed by atoms with van der Waals surface area (Å²) in [5.74, 6) is -1.04. The molecule has 72 heavy (non-hydrogen) atoms. The zero-order valence-corrected chi connectivity index (χ0v) is 47.4. The Bertz CT molecular complexity index is 1380. The van der Waals surface area contributed by atoms with E-state index in [1.807, 2.05) is 6.08 Å². The van der Waals surface area contributed by atoms with Crippen molar-refractivity contribution >= 4 is 17.9 Å². The van der Waals surface area contributed by atoms with Crippen molar-refractivity contribution < 1.29 is 28.6 Å². The van der Waals surface area contributed by atoms with E-state index in [1.165, 1.54) is 180 Å². The summed E-state index contributed by atoms with van der Waals surface area (Å²) in [4.78, 5) is 37.9. The molecule has 1 unspecified atom stereocenters. The van der Waals surface area contributed by atoms with Gasteiger partial charge in [0.1, 0.15) is 13.2 Å². The third kappa shape index (κ3) is 57.5. The van der Waals surface area contributed by atoms with E-state index in [1.54, 1.807) is 6.08 Å². The first-order valence-electron chi connectivity index (χ1n) is 30.6. The van der Waals surface area contributed by atoms with Crippen LogP contribution in [0.1, 0.15) is 297 Å². The lowest BCUT2D eigenvalue weighted by Gasteiger charge is -2.18. The van der Waals surface area contributed by atoms with Crippen LogP contribution in [0.4, 0.5) is 0 Å². The van der Waals surface area contributed by atoms with E-state index in [-0.39, 0.29) is 31.6 Å². The maximum absolute atomic E-state index is 12.7. The Morgan fingerprint density at radius 2 is 0.583 bits per heavy atom. The number of carbonyl (C=O) groups excluding carboxylic acids is 3. The van der Waals surface area contributed by atoms with E-state index in [0.717, 1.165) is 77.0 Å². The van der Waals surface area contributed by atoms with E-state index in [0.29, 0.717) is 12.8 Å². The molecule has 0 aliphatic rings. The largest absolute Gasteiger partial charge is 0.462 e. The van der Waals surface area contributed by atoms with Gasteiger partial charge in [-0.2, -0.15) is 0 Å². The van der Waals surface area contributed by atoms with E-state index in [9.17, 15) is 14.4 Å². The fraction of sp³-hybridized carbons (Fsp3) is 0.742. The van der Waals surface area contributed by atoms with Crippen LogP contribution < -0.4 is 0 Å². The van der Waals surface area contributed by atoms with E-state index in [4.69, 9.17) is 14.2 Å². The van der Waals surface area contributed by atoms with Gasteiger partial charge in [0.15, 0.2) is 6.10 Å². The second-order valence-corrected chi connectivity index (χ2v) is 20.3. The molecule has 0 aromatic rings. The number of unbranched alkanes of at least 4 members (excludes halogenated alkanes) is 31. The fourth-order valence-corrected chi connectivity index (χ4v) is 8.61. The van der Waals surface area contributed by atoms with Gasteiger partial charge in [-0.1, -0.05) is 286 Å².